The number of nitrogens with zero attached hydrogens (tertiary/aromatic N) is 5. The van der Waals surface area contributed by atoms with E-state index < -0.39 is 0 Å². The Labute approximate surface area is 145 Å². The Morgan fingerprint density at radius 1 is 1.32 bits per heavy atom. The van der Waals surface area contributed by atoms with Crippen LogP contribution in [0.2, 0.25) is 0 Å². The zero-order valence-electron chi connectivity index (χ0n) is 14.1. The molecule has 1 aliphatic heterocycles. The molecule has 3 heterocycles. The minimum Gasteiger partial charge on any atom is -0.349 e. The van der Waals surface area contributed by atoms with Crippen molar-refractivity contribution in [3.05, 3.63) is 24.4 Å². The number of hydrogen-bond acceptors (Lipinski definition) is 6. The number of aromatic nitrogens is 5. The summed E-state index contributed by atoms with van der Waals surface area (Å²) in [6, 6.07) is 0. The van der Waals surface area contributed by atoms with Gasteiger partial charge in [-0.25, -0.2) is 9.97 Å². The lowest BCUT2D eigenvalue weighted by Gasteiger charge is -2.31. The number of hydrogen-bond donors (Lipinski definition) is 2. The third-order valence-corrected chi connectivity index (χ3v) is 4.27. The van der Waals surface area contributed by atoms with Gasteiger partial charge in [-0.2, -0.15) is 5.10 Å². The van der Waals surface area contributed by atoms with E-state index >= 15 is 0 Å². The van der Waals surface area contributed by atoms with Crippen molar-refractivity contribution in [2.45, 2.75) is 32.7 Å². The van der Waals surface area contributed by atoms with Crippen LogP contribution in [-0.2, 0) is 16.1 Å². The molecule has 1 fully saturated rings. The van der Waals surface area contributed by atoms with Gasteiger partial charge in [0, 0.05) is 37.8 Å². The van der Waals surface area contributed by atoms with Crippen molar-refractivity contribution in [3.63, 3.8) is 0 Å². The fourth-order valence-electron chi connectivity index (χ4n) is 2.83. The summed E-state index contributed by atoms with van der Waals surface area (Å²) in [6.07, 6.45) is 6.63. The molecule has 9 nitrogen and oxygen atoms in total. The average Bonchev–Trinajstić information content (AvgIpc) is 3.15. The highest BCUT2D eigenvalue weighted by Crippen LogP contribution is 2.18. The summed E-state index contributed by atoms with van der Waals surface area (Å²) in [5.41, 5.74) is 0.573. The molecule has 0 aromatic carbocycles. The van der Waals surface area contributed by atoms with Crippen LogP contribution in [0.25, 0.3) is 11.5 Å². The zero-order chi connectivity index (χ0) is 17.6. The average molecular weight is 343 g/mol. The molecule has 3 rings (SSSR count). The number of aromatic amines is 1. The summed E-state index contributed by atoms with van der Waals surface area (Å²) in [5, 5.41) is 9.76. The third kappa shape index (κ3) is 4.17. The molecule has 0 radical (unpaired) electrons. The van der Waals surface area contributed by atoms with Crippen LogP contribution in [0.3, 0.4) is 0 Å². The lowest BCUT2D eigenvalue weighted by molar-refractivity contribution is -0.135. The first-order valence-corrected chi connectivity index (χ1v) is 8.40. The number of piperidine rings is 1. The van der Waals surface area contributed by atoms with Gasteiger partial charge in [-0.3, -0.25) is 19.7 Å². The summed E-state index contributed by atoms with van der Waals surface area (Å²) in [7, 11) is 0. The van der Waals surface area contributed by atoms with Crippen LogP contribution in [0.5, 0.6) is 0 Å². The van der Waals surface area contributed by atoms with E-state index in [1.165, 1.54) is 0 Å². The first kappa shape index (κ1) is 17.0. The van der Waals surface area contributed by atoms with E-state index in [1.54, 1.807) is 18.6 Å². The number of likely N-dealkylation sites (tertiary alicyclic amines) is 1. The molecule has 1 aliphatic rings. The second-order valence-electron chi connectivity index (χ2n) is 5.92. The molecule has 0 aliphatic carbocycles. The Morgan fingerprint density at radius 3 is 2.80 bits per heavy atom. The molecule has 0 bridgehead atoms. The van der Waals surface area contributed by atoms with Gasteiger partial charge in [0.15, 0.2) is 0 Å². The number of rotatable bonds is 5. The standard InChI is InChI=1S/C16H21N7O2/c1-2-14(24)23-7-3-11(4-8-23)16(25)19-10-13-20-15(22-21-13)12-9-17-5-6-18-12/h5-6,9,11H,2-4,7-8,10H2,1H3,(H,19,25)(H,20,21,22). The molecule has 2 N–H and O–H groups in total. The van der Waals surface area contributed by atoms with Crippen molar-refractivity contribution >= 4 is 11.8 Å². The van der Waals surface area contributed by atoms with Crippen molar-refractivity contribution in [2.75, 3.05) is 13.1 Å². The van der Waals surface area contributed by atoms with E-state index in [0.717, 1.165) is 0 Å². The van der Waals surface area contributed by atoms with Gasteiger partial charge in [0.1, 0.15) is 11.5 Å². The van der Waals surface area contributed by atoms with E-state index in [-0.39, 0.29) is 24.3 Å². The maximum absolute atomic E-state index is 12.3. The first-order chi connectivity index (χ1) is 12.2. The van der Waals surface area contributed by atoms with Crippen LogP contribution >= 0.6 is 0 Å². The van der Waals surface area contributed by atoms with Gasteiger partial charge in [-0.15, -0.1) is 0 Å². The number of H-pyrrole nitrogens is 1. The lowest BCUT2D eigenvalue weighted by atomic mass is 9.95. The fraction of sp³-hybridized carbons (Fsp3) is 0.500. The predicted molar refractivity (Wildman–Crippen MR) is 88.9 cm³/mol. The highest BCUT2D eigenvalue weighted by atomic mass is 16.2. The Morgan fingerprint density at radius 2 is 2.12 bits per heavy atom. The fourth-order valence-corrected chi connectivity index (χ4v) is 2.83. The van der Waals surface area contributed by atoms with Crippen molar-refractivity contribution < 1.29 is 9.59 Å². The Balaban J connectivity index is 1.49. The van der Waals surface area contributed by atoms with Crippen LogP contribution in [0, 0.1) is 5.92 Å². The van der Waals surface area contributed by atoms with Crippen molar-refractivity contribution in [1.29, 1.82) is 0 Å². The Bertz CT molecular complexity index is 723. The number of carbonyl (C=O) groups is 2. The zero-order valence-corrected chi connectivity index (χ0v) is 14.1. The lowest BCUT2D eigenvalue weighted by Crippen LogP contribution is -2.42. The normalized spacial score (nSPS) is 15.2. The number of carbonyl (C=O) groups excluding carboxylic acids is 2. The summed E-state index contributed by atoms with van der Waals surface area (Å²) >= 11 is 0. The molecule has 2 aromatic rings. The molecule has 2 aromatic heterocycles. The largest absolute Gasteiger partial charge is 0.349 e. The van der Waals surface area contributed by atoms with E-state index in [9.17, 15) is 9.59 Å². The molecular formula is C16H21N7O2. The Hall–Kier alpha value is -2.84. The van der Waals surface area contributed by atoms with E-state index in [4.69, 9.17) is 0 Å². The highest BCUT2D eigenvalue weighted by Gasteiger charge is 2.26. The van der Waals surface area contributed by atoms with Gasteiger partial charge in [-0.1, -0.05) is 6.92 Å². The Kier molecular flexibility index (Phi) is 5.32. The highest BCUT2D eigenvalue weighted by molar-refractivity contribution is 5.80. The maximum Gasteiger partial charge on any atom is 0.223 e. The van der Waals surface area contributed by atoms with E-state index in [2.05, 4.69) is 30.5 Å². The van der Waals surface area contributed by atoms with E-state index in [1.807, 2.05) is 11.8 Å². The first-order valence-electron chi connectivity index (χ1n) is 8.40. The van der Waals surface area contributed by atoms with E-state index in [0.29, 0.717) is 49.7 Å². The van der Waals surface area contributed by atoms with Gasteiger partial charge in [-0.05, 0) is 12.8 Å². The smallest absolute Gasteiger partial charge is 0.223 e. The molecular weight excluding hydrogens is 322 g/mol. The molecule has 0 spiro atoms. The van der Waals surface area contributed by atoms with Crippen LogP contribution in [-0.4, -0.2) is 55.0 Å². The van der Waals surface area contributed by atoms with Gasteiger partial charge >= 0.3 is 0 Å². The molecule has 9 heteroatoms. The number of amides is 2. The van der Waals surface area contributed by atoms with Crippen LogP contribution in [0.4, 0.5) is 0 Å². The second kappa shape index (κ2) is 7.82. The molecule has 132 valence electrons. The van der Waals surface area contributed by atoms with Gasteiger partial charge < -0.3 is 10.2 Å². The van der Waals surface area contributed by atoms with Crippen molar-refractivity contribution in [1.82, 2.24) is 35.4 Å². The predicted octanol–water partition coefficient (Wildman–Crippen LogP) is 0.526. The van der Waals surface area contributed by atoms with Crippen molar-refractivity contribution in [3.8, 4) is 11.5 Å². The summed E-state index contributed by atoms with van der Waals surface area (Å²) in [6.45, 7) is 3.42. The molecule has 0 unspecified atom stereocenters. The SMILES string of the molecule is CCC(=O)N1CCC(C(=O)NCc2nc(-c3cnccn3)n[nH]2)CC1. The molecule has 0 saturated carbocycles. The van der Waals surface area contributed by atoms with Gasteiger partial charge in [0.05, 0.1) is 12.7 Å². The topological polar surface area (TPSA) is 117 Å². The van der Waals surface area contributed by atoms with Crippen molar-refractivity contribution in [2.24, 2.45) is 5.92 Å². The van der Waals surface area contributed by atoms with Crippen LogP contribution in [0.15, 0.2) is 18.6 Å². The minimum atomic E-state index is -0.0664. The molecule has 0 atom stereocenters. The monoisotopic (exact) mass is 343 g/mol. The minimum absolute atomic E-state index is 0.0129. The van der Waals surface area contributed by atoms with Crippen LogP contribution in [0.1, 0.15) is 32.0 Å². The molecule has 25 heavy (non-hydrogen) atoms. The molecule has 1 saturated heterocycles. The molecule has 2 amide bonds. The summed E-state index contributed by atoms with van der Waals surface area (Å²) in [4.78, 5) is 38.2. The summed E-state index contributed by atoms with van der Waals surface area (Å²) in [5.74, 6) is 1.08. The number of nitrogens with one attached hydrogen (secondary N) is 2. The van der Waals surface area contributed by atoms with Crippen LogP contribution < -0.4 is 5.32 Å². The van der Waals surface area contributed by atoms with Gasteiger partial charge in [0.2, 0.25) is 17.6 Å². The second-order valence-corrected chi connectivity index (χ2v) is 5.92. The third-order valence-electron chi connectivity index (χ3n) is 4.27. The quantitative estimate of drug-likeness (QED) is 0.818. The summed E-state index contributed by atoms with van der Waals surface area (Å²) < 4.78 is 0. The maximum atomic E-state index is 12.3. The van der Waals surface area contributed by atoms with Gasteiger partial charge in [0.25, 0.3) is 0 Å².